The highest BCUT2D eigenvalue weighted by molar-refractivity contribution is 8.00. The Morgan fingerprint density at radius 1 is 1.33 bits per heavy atom. The molecule has 1 amide bonds. The minimum absolute atomic E-state index is 0.125. The lowest BCUT2D eigenvalue weighted by Crippen LogP contribution is -2.41. The third kappa shape index (κ3) is 2.54. The van der Waals surface area contributed by atoms with Crippen LogP contribution < -0.4 is 0 Å². The molecule has 0 aromatic rings. The van der Waals surface area contributed by atoms with E-state index in [1.165, 1.54) is 0 Å². The largest absolute Gasteiger partial charge is 0.334 e. The Bertz CT molecular complexity index is 253. The van der Waals surface area contributed by atoms with Crippen molar-refractivity contribution in [2.75, 3.05) is 19.3 Å². The molecule has 1 saturated heterocycles. The Labute approximate surface area is 95.6 Å². The SMILES string of the molecule is CCC(CC)(CN1CCC(=O)C1=O)SC. The lowest BCUT2D eigenvalue weighted by Gasteiger charge is -2.33. The summed E-state index contributed by atoms with van der Waals surface area (Å²) in [5, 5.41) is 0. The van der Waals surface area contributed by atoms with Gasteiger partial charge in [0.1, 0.15) is 0 Å². The van der Waals surface area contributed by atoms with Crippen LogP contribution in [0.1, 0.15) is 33.1 Å². The van der Waals surface area contributed by atoms with Crippen molar-refractivity contribution in [3.8, 4) is 0 Å². The number of thioether (sulfide) groups is 1. The van der Waals surface area contributed by atoms with Gasteiger partial charge in [0.05, 0.1) is 0 Å². The molecule has 0 aromatic carbocycles. The minimum atomic E-state index is -0.282. The van der Waals surface area contributed by atoms with Gasteiger partial charge in [-0.15, -0.1) is 0 Å². The van der Waals surface area contributed by atoms with Crippen molar-refractivity contribution in [1.29, 1.82) is 0 Å². The zero-order valence-electron chi connectivity index (χ0n) is 9.71. The normalized spacial score (nSPS) is 17.7. The highest BCUT2D eigenvalue weighted by Crippen LogP contribution is 2.32. The fourth-order valence-corrected chi connectivity index (χ4v) is 2.81. The highest BCUT2D eigenvalue weighted by atomic mass is 32.2. The Morgan fingerprint density at radius 2 is 1.93 bits per heavy atom. The number of amides is 1. The molecular weight excluding hydrogens is 210 g/mol. The van der Waals surface area contributed by atoms with Crippen LogP contribution in [-0.2, 0) is 9.59 Å². The zero-order chi connectivity index (χ0) is 11.5. The third-order valence-corrected chi connectivity index (χ3v) is 4.91. The van der Waals surface area contributed by atoms with Crippen LogP contribution in [0.5, 0.6) is 0 Å². The van der Waals surface area contributed by atoms with Crippen LogP contribution in [0.3, 0.4) is 0 Å². The van der Waals surface area contributed by atoms with E-state index < -0.39 is 0 Å². The Kier molecular flexibility index (Phi) is 4.20. The van der Waals surface area contributed by atoms with Crippen LogP contribution in [0.4, 0.5) is 0 Å². The van der Waals surface area contributed by atoms with Gasteiger partial charge in [-0.05, 0) is 19.1 Å². The zero-order valence-corrected chi connectivity index (χ0v) is 10.5. The van der Waals surface area contributed by atoms with Crippen molar-refractivity contribution in [2.24, 2.45) is 0 Å². The number of carbonyl (C=O) groups is 2. The second kappa shape index (κ2) is 5.01. The molecule has 0 N–H and O–H groups in total. The number of hydrogen-bond donors (Lipinski definition) is 0. The van der Waals surface area contributed by atoms with Crippen LogP contribution in [0.2, 0.25) is 0 Å². The summed E-state index contributed by atoms with van der Waals surface area (Å²) >= 11 is 1.80. The van der Waals surface area contributed by atoms with E-state index in [0.29, 0.717) is 19.5 Å². The highest BCUT2D eigenvalue weighted by Gasteiger charge is 2.35. The molecule has 3 nitrogen and oxygen atoms in total. The summed E-state index contributed by atoms with van der Waals surface area (Å²) in [6.07, 6.45) is 4.54. The number of ketones is 1. The molecule has 0 radical (unpaired) electrons. The van der Waals surface area contributed by atoms with Crippen LogP contribution in [-0.4, -0.2) is 40.7 Å². The molecule has 1 aliphatic heterocycles. The monoisotopic (exact) mass is 229 g/mol. The Morgan fingerprint density at radius 3 is 2.27 bits per heavy atom. The number of Topliss-reactive ketones (excluding diaryl/α,β-unsaturated/α-hetero) is 1. The van der Waals surface area contributed by atoms with E-state index in [1.54, 1.807) is 16.7 Å². The summed E-state index contributed by atoms with van der Waals surface area (Å²) in [5.41, 5.74) is 0. The van der Waals surface area contributed by atoms with Crippen molar-refractivity contribution in [1.82, 2.24) is 4.90 Å². The predicted octanol–water partition coefficient (Wildman–Crippen LogP) is 1.71. The summed E-state index contributed by atoms with van der Waals surface area (Å²) in [6.45, 7) is 5.61. The molecule has 0 aliphatic carbocycles. The fraction of sp³-hybridized carbons (Fsp3) is 0.818. The molecule has 1 fully saturated rings. The van der Waals surface area contributed by atoms with Gasteiger partial charge in [-0.1, -0.05) is 13.8 Å². The summed E-state index contributed by atoms with van der Waals surface area (Å²) in [4.78, 5) is 24.3. The van der Waals surface area contributed by atoms with Crippen LogP contribution in [0.15, 0.2) is 0 Å². The van der Waals surface area contributed by atoms with Crippen molar-refractivity contribution in [2.45, 2.75) is 37.9 Å². The molecule has 0 saturated carbocycles. The summed E-state index contributed by atoms with van der Waals surface area (Å²) in [5.74, 6) is -0.507. The van der Waals surface area contributed by atoms with Gasteiger partial charge >= 0.3 is 0 Å². The summed E-state index contributed by atoms with van der Waals surface area (Å²) in [6, 6.07) is 0. The first kappa shape index (κ1) is 12.6. The standard InChI is InChI=1S/C11H19NO2S/c1-4-11(5-2,15-3)8-12-7-6-9(13)10(12)14/h4-8H2,1-3H3. The van der Waals surface area contributed by atoms with E-state index in [9.17, 15) is 9.59 Å². The number of likely N-dealkylation sites (tertiary alicyclic amines) is 1. The molecule has 1 rings (SSSR count). The van der Waals surface area contributed by atoms with Gasteiger partial charge in [0.25, 0.3) is 5.91 Å². The van der Waals surface area contributed by atoms with E-state index in [-0.39, 0.29) is 16.4 Å². The molecule has 0 spiro atoms. The topological polar surface area (TPSA) is 37.4 Å². The maximum Gasteiger partial charge on any atom is 0.290 e. The number of nitrogens with zero attached hydrogens (tertiary/aromatic N) is 1. The predicted molar refractivity (Wildman–Crippen MR) is 63.0 cm³/mol. The number of rotatable bonds is 5. The molecule has 0 unspecified atom stereocenters. The molecule has 0 aromatic heterocycles. The van der Waals surface area contributed by atoms with Gasteiger partial charge in [-0.25, -0.2) is 0 Å². The lowest BCUT2D eigenvalue weighted by atomic mass is 10.0. The van der Waals surface area contributed by atoms with Crippen molar-refractivity contribution in [3.63, 3.8) is 0 Å². The van der Waals surface area contributed by atoms with Gasteiger partial charge in [-0.3, -0.25) is 9.59 Å². The smallest absolute Gasteiger partial charge is 0.290 e. The van der Waals surface area contributed by atoms with Crippen LogP contribution in [0.25, 0.3) is 0 Å². The quantitative estimate of drug-likeness (QED) is 0.673. The van der Waals surface area contributed by atoms with Gasteiger partial charge in [0.2, 0.25) is 5.78 Å². The Hall–Kier alpha value is -0.510. The van der Waals surface area contributed by atoms with Gasteiger partial charge in [0, 0.05) is 24.3 Å². The van der Waals surface area contributed by atoms with Gasteiger partial charge < -0.3 is 4.90 Å². The molecule has 1 heterocycles. The first-order valence-electron chi connectivity index (χ1n) is 5.46. The van der Waals surface area contributed by atoms with E-state index in [0.717, 1.165) is 12.8 Å². The van der Waals surface area contributed by atoms with E-state index >= 15 is 0 Å². The second-order valence-corrected chi connectivity index (χ2v) is 5.27. The Balaban J connectivity index is 2.67. The lowest BCUT2D eigenvalue weighted by molar-refractivity contribution is -0.140. The first-order valence-corrected chi connectivity index (χ1v) is 6.68. The molecular formula is C11H19NO2S. The average molecular weight is 229 g/mol. The van der Waals surface area contributed by atoms with Crippen molar-refractivity contribution < 1.29 is 9.59 Å². The van der Waals surface area contributed by atoms with E-state index in [4.69, 9.17) is 0 Å². The van der Waals surface area contributed by atoms with Crippen molar-refractivity contribution >= 4 is 23.5 Å². The molecule has 1 aliphatic rings. The first-order chi connectivity index (χ1) is 7.08. The molecule has 15 heavy (non-hydrogen) atoms. The molecule has 0 atom stereocenters. The maximum atomic E-state index is 11.5. The van der Waals surface area contributed by atoms with E-state index in [2.05, 4.69) is 20.1 Å². The maximum absolute atomic E-state index is 11.5. The third-order valence-electron chi connectivity index (χ3n) is 3.34. The number of hydrogen-bond acceptors (Lipinski definition) is 3. The van der Waals surface area contributed by atoms with Gasteiger partial charge in [0.15, 0.2) is 0 Å². The van der Waals surface area contributed by atoms with Crippen LogP contribution >= 0.6 is 11.8 Å². The number of carbonyl (C=O) groups excluding carboxylic acids is 2. The fourth-order valence-electron chi connectivity index (χ4n) is 1.95. The average Bonchev–Trinajstić information content (AvgIpc) is 2.57. The van der Waals surface area contributed by atoms with Gasteiger partial charge in [-0.2, -0.15) is 11.8 Å². The minimum Gasteiger partial charge on any atom is -0.334 e. The van der Waals surface area contributed by atoms with E-state index in [1.807, 2.05) is 0 Å². The molecule has 86 valence electrons. The second-order valence-electron chi connectivity index (χ2n) is 3.99. The summed E-state index contributed by atoms with van der Waals surface area (Å²) in [7, 11) is 0. The summed E-state index contributed by atoms with van der Waals surface area (Å²) < 4.78 is 0.125. The molecule has 4 heteroatoms. The molecule has 0 bridgehead atoms. The van der Waals surface area contributed by atoms with Crippen molar-refractivity contribution in [3.05, 3.63) is 0 Å². The van der Waals surface area contributed by atoms with Crippen LogP contribution in [0, 0.1) is 0 Å².